The minimum absolute atomic E-state index is 0.309. The van der Waals surface area contributed by atoms with Gasteiger partial charge in [0.2, 0.25) is 0 Å². The molecule has 1 N–H and O–H groups in total. The lowest BCUT2D eigenvalue weighted by Gasteiger charge is -2.07. The Bertz CT molecular complexity index is 884. The zero-order valence-corrected chi connectivity index (χ0v) is 15.0. The second-order valence-corrected chi connectivity index (χ2v) is 6.75. The highest BCUT2D eigenvalue weighted by Crippen LogP contribution is 2.30. The third-order valence-electron chi connectivity index (χ3n) is 3.83. The van der Waals surface area contributed by atoms with Crippen LogP contribution in [-0.2, 0) is 13.0 Å². The van der Waals surface area contributed by atoms with Crippen molar-refractivity contribution in [2.75, 3.05) is 0 Å². The molecule has 0 saturated carbocycles. The summed E-state index contributed by atoms with van der Waals surface area (Å²) in [5.41, 5.74) is 3.81. The van der Waals surface area contributed by atoms with Gasteiger partial charge in [-0.15, -0.1) is 11.3 Å². The van der Waals surface area contributed by atoms with Crippen LogP contribution in [0.4, 0.5) is 0 Å². The molecular formula is C20H19NO3S. The number of thiazole rings is 1. The van der Waals surface area contributed by atoms with E-state index < -0.39 is 5.97 Å². The molecule has 0 aliphatic rings. The number of carbonyl (C=O) groups is 1. The van der Waals surface area contributed by atoms with Crippen molar-refractivity contribution in [3.05, 3.63) is 70.2 Å². The fourth-order valence-electron chi connectivity index (χ4n) is 2.45. The minimum atomic E-state index is -0.924. The first-order valence-corrected chi connectivity index (χ1v) is 8.90. The standard InChI is InChI=1S/C20H19NO3S/c1-3-17-18(20(22)23)25-19(21-17)15-5-4-6-16(11-15)24-12-14-9-7-13(2)8-10-14/h4-11H,3,12H2,1-2H3,(H,22,23). The fraction of sp³-hybridized carbons (Fsp3) is 0.200. The number of carboxylic acids is 1. The van der Waals surface area contributed by atoms with Crippen molar-refractivity contribution in [2.45, 2.75) is 26.9 Å². The van der Waals surface area contributed by atoms with E-state index in [0.29, 0.717) is 28.6 Å². The van der Waals surface area contributed by atoms with Gasteiger partial charge in [0.25, 0.3) is 0 Å². The Morgan fingerprint density at radius 2 is 1.96 bits per heavy atom. The topological polar surface area (TPSA) is 59.4 Å². The summed E-state index contributed by atoms with van der Waals surface area (Å²) in [6.07, 6.45) is 0.599. The third kappa shape index (κ3) is 4.06. The Morgan fingerprint density at radius 3 is 2.60 bits per heavy atom. The Balaban J connectivity index is 1.79. The highest BCUT2D eigenvalue weighted by molar-refractivity contribution is 7.17. The van der Waals surface area contributed by atoms with Crippen LogP contribution in [0.1, 0.15) is 33.4 Å². The Labute approximate surface area is 150 Å². The van der Waals surface area contributed by atoms with Gasteiger partial charge in [0, 0.05) is 5.56 Å². The van der Waals surface area contributed by atoms with Crippen molar-refractivity contribution in [1.82, 2.24) is 4.98 Å². The van der Waals surface area contributed by atoms with Gasteiger partial charge in [-0.25, -0.2) is 9.78 Å². The highest BCUT2D eigenvalue weighted by atomic mass is 32.1. The first-order valence-electron chi connectivity index (χ1n) is 8.08. The molecule has 0 fully saturated rings. The van der Waals surface area contributed by atoms with E-state index in [9.17, 15) is 9.90 Å². The summed E-state index contributed by atoms with van der Waals surface area (Å²) in [5.74, 6) is -0.185. The van der Waals surface area contributed by atoms with E-state index in [-0.39, 0.29) is 0 Å². The number of nitrogens with zero attached hydrogens (tertiary/aromatic N) is 1. The summed E-state index contributed by atoms with van der Waals surface area (Å²) in [5, 5.41) is 9.99. The predicted octanol–water partition coefficient (Wildman–Crippen LogP) is 4.96. The van der Waals surface area contributed by atoms with Gasteiger partial charge in [0.1, 0.15) is 22.2 Å². The number of carboxylic acid groups (broad SMARTS) is 1. The molecule has 4 nitrogen and oxygen atoms in total. The summed E-state index contributed by atoms with van der Waals surface area (Å²) in [4.78, 5) is 16.1. The Hall–Kier alpha value is -2.66. The normalized spacial score (nSPS) is 10.6. The molecule has 3 rings (SSSR count). The number of hydrogen-bond donors (Lipinski definition) is 1. The molecule has 25 heavy (non-hydrogen) atoms. The number of rotatable bonds is 6. The van der Waals surface area contributed by atoms with Gasteiger partial charge in [-0.05, 0) is 31.0 Å². The lowest BCUT2D eigenvalue weighted by atomic mass is 10.2. The summed E-state index contributed by atoms with van der Waals surface area (Å²) < 4.78 is 5.87. The van der Waals surface area contributed by atoms with Crippen molar-refractivity contribution in [3.63, 3.8) is 0 Å². The fourth-order valence-corrected chi connectivity index (χ4v) is 3.44. The van der Waals surface area contributed by atoms with E-state index in [2.05, 4.69) is 24.0 Å². The molecule has 1 aromatic heterocycles. The molecule has 5 heteroatoms. The van der Waals surface area contributed by atoms with Crippen LogP contribution >= 0.6 is 11.3 Å². The first-order chi connectivity index (χ1) is 12.1. The monoisotopic (exact) mass is 353 g/mol. The van der Waals surface area contributed by atoms with Crippen LogP contribution in [0, 0.1) is 6.92 Å². The van der Waals surface area contributed by atoms with Crippen molar-refractivity contribution < 1.29 is 14.6 Å². The molecule has 1 heterocycles. The number of aryl methyl sites for hydroxylation is 2. The second-order valence-electron chi connectivity index (χ2n) is 5.76. The lowest BCUT2D eigenvalue weighted by molar-refractivity contribution is 0.0701. The van der Waals surface area contributed by atoms with Crippen LogP contribution in [0.15, 0.2) is 48.5 Å². The van der Waals surface area contributed by atoms with Gasteiger partial charge < -0.3 is 9.84 Å². The third-order valence-corrected chi connectivity index (χ3v) is 4.97. The molecule has 0 aliphatic heterocycles. The summed E-state index contributed by atoms with van der Waals surface area (Å²) in [6, 6.07) is 15.8. The van der Waals surface area contributed by atoms with Crippen molar-refractivity contribution in [2.24, 2.45) is 0 Å². The molecule has 0 aliphatic carbocycles. The van der Waals surface area contributed by atoms with E-state index in [0.717, 1.165) is 16.9 Å². The van der Waals surface area contributed by atoms with Crippen LogP contribution in [0.5, 0.6) is 5.75 Å². The van der Waals surface area contributed by atoms with E-state index in [4.69, 9.17) is 4.74 Å². The molecule has 3 aromatic rings. The molecule has 0 bridgehead atoms. The Morgan fingerprint density at radius 1 is 1.20 bits per heavy atom. The van der Waals surface area contributed by atoms with E-state index in [1.807, 2.05) is 43.3 Å². The van der Waals surface area contributed by atoms with Crippen molar-refractivity contribution in [3.8, 4) is 16.3 Å². The smallest absolute Gasteiger partial charge is 0.347 e. The van der Waals surface area contributed by atoms with Gasteiger partial charge in [0.05, 0.1) is 5.69 Å². The maximum Gasteiger partial charge on any atom is 0.347 e. The number of hydrogen-bond acceptors (Lipinski definition) is 4. The van der Waals surface area contributed by atoms with Gasteiger partial charge >= 0.3 is 5.97 Å². The zero-order valence-electron chi connectivity index (χ0n) is 14.2. The van der Waals surface area contributed by atoms with Gasteiger partial charge in [0.15, 0.2) is 0 Å². The number of aromatic nitrogens is 1. The van der Waals surface area contributed by atoms with Crippen LogP contribution in [-0.4, -0.2) is 16.1 Å². The van der Waals surface area contributed by atoms with Crippen molar-refractivity contribution in [1.29, 1.82) is 0 Å². The van der Waals surface area contributed by atoms with E-state index >= 15 is 0 Å². The predicted molar refractivity (Wildman–Crippen MR) is 99.4 cm³/mol. The maximum absolute atomic E-state index is 11.3. The highest BCUT2D eigenvalue weighted by Gasteiger charge is 2.17. The molecule has 128 valence electrons. The minimum Gasteiger partial charge on any atom is -0.489 e. The summed E-state index contributed by atoms with van der Waals surface area (Å²) in [6.45, 7) is 4.45. The molecule has 0 unspecified atom stereocenters. The molecular weight excluding hydrogens is 334 g/mol. The van der Waals surface area contributed by atoms with Crippen LogP contribution in [0.2, 0.25) is 0 Å². The number of aromatic carboxylic acids is 1. The van der Waals surface area contributed by atoms with Crippen LogP contribution in [0.3, 0.4) is 0 Å². The quantitative estimate of drug-likeness (QED) is 0.680. The molecule has 0 radical (unpaired) electrons. The summed E-state index contributed by atoms with van der Waals surface area (Å²) in [7, 11) is 0. The van der Waals surface area contributed by atoms with Gasteiger partial charge in [-0.2, -0.15) is 0 Å². The van der Waals surface area contributed by atoms with Crippen LogP contribution < -0.4 is 4.74 Å². The second kappa shape index (κ2) is 7.49. The summed E-state index contributed by atoms with van der Waals surface area (Å²) >= 11 is 1.20. The first kappa shape index (κ1) is 17.2. The average Bonchev–Trinajstić information content (AvgIpc) is 3.06. The Kier molecular flexibility index (Phi) is 5.14. The lowest BCUT2D eigenvalue weighted by Crippen LogP contribution is -1.97. The number of benzene rings is 2. The molecule has 0 amide bonds. The van der Waals surface area contributed by atoms with E-state index in [1.165, 1.54) is 16.9 Å². The zero-order chi connectivity index (χ0) is 17.8. The molecule has 0 atom stereocenters. The molecule has 0 spiro atoms. The van der Waals surface area contributed by atoms with Gasteiger partial charge in [-0.1, -0.05) is 48.9 Å². The van der Waals surface area contributed by atoms with Crippen molar-refractivity contribution >= 4 is 17.3 Å². The maximum atomic E-state index is 11.3. The SMILES string of the molecule is CCc1nc(-c2cccc(OCc3ccc(C)cc3)c2)sc1C(=O)O. The molecule has 0 saturated heterocycles. The molecule has 2 aromatic carbocycles. The average molecular weight is 353 g/mol. The van der Waals surface area contributed by atoms with Gasteiger partial charge in [-0.3, -0.25) is 0 Å². The number of ether oxygens (including phenoxy) is 1. The van der Waals surface area contributed by atoms with Crippen LogP contribution in [0.25, 0.3) is 10.6 Å². The largest absolute Gasteiger partial charge is 0.489 e. The van der Waals surface area contributed by atoms with E-state index in [1.54, 1.807) is 0 Å².